The second kappa shape index (κ2) is 6.47. The third kappa shape index (κ3) is 3.16. The minimum Gasteiger partial charge on any atom is -0.451 e. The summed E-state index contributed by atoms with van der Waals surface area (Å²) in [6.45, 7) is 3.90. The molecule has 4 aromatic rings. The van der Waals surface area contributed by atoms with Crippen molar-refractivity contribution < 1.29 is 9.21 Å². The number of fused-ring (bicyclic) bond motifs is 1. The predicted molar refractivity (Wildman–Crippen MR) is 103 cm³/mol. The van der Waals surface area contributed by atoms with Crippen LogP contribution in [0.25, 0.3) is 21.7 Å². The maximum Gasteiger partial charge on any atom is 0.293 e. The van der Waals surface area contributed by atoms with Crippen LogP contribution in [0, 0.1) is 13.8 Å². The summed E-state index contributed by atoms with van der Waals surface area (Å²) >= 11 is 2.66. The number of anilines is 1. The van der Waals surface area contributed by atoms with E-state index in [1.54, 1.807) is 23.5 Å². The number of hydrogen-bond donors (Lipinski definition) is 1. The molecular formula is C18H13N3O3S2. The SMILES string of the molecule is Cc1ccc2oc(C(=O)Nc3nc(-c4ccc(C)s4)ns3)cc(=O)c2c1. The molecule has 0 unspecified atom stereocenters. The number of thiophene rings is 1. The summed E-state index contributed by atoms with van der Waals surface area (Å²) in [7, 11) is 0. The Morgan fingerprint density at radius 3 is 2.77 bits per heavy atom. The van der Waals surface area contributed by atoms with E-state index in [-0.39, 0.29) is 11.2 Å². The first-order valence-corrected chi connectivity index (χ1v) is 9.35. The molecule has 1 amide bonds. The van der Waals surface area contributed by atoms with Gasteiger partial charge in [0.15, 0.2) is 17.0 Å². The smallest absolute Gasteiger partial charge is 0.293 e. The van der Waals surface area contributed by atoms with E-state index in [4.69, 9.17) is 4.42 Å². The van der Waals surface area contributed by atoms with Crippen molar-refractivity contribution in [1.29, 1.82) is 0 Å². The van der Waals surface area contributed by atoms with Gasteiger partial charge in [-0.05, 0) is 38.1 Å². The summed E-state index contributed by atoms with van der Waals surface area (Å²) in [5.41, 5.74) is 1.07. The minimum atomic E-state index is -0.533. The minimum absolute atomic E-state index is 0.0601. The molecule has 130 valence electrons. The molecule has 0 aliphatic rings. The normalized spacial score (nSPS) is 11.0. The number of hydrogen-bond acceptors (Lipinski definition) is 7. The lowest BCUT2D eigenvalue weighted by Gasteiger charge is -2.03. The van der Waals surface area contributed by atoms with Crippen LogP contribution in [0.4, 0.5) is 5.13 Å². The third-order valence-electron chi connectivity index (χ3n) is 3.71. The van der Waals surface area contributed by atoms with Crippen LogP contribution in [0.15, 0.2) is 45.6 Å². The van der Waals surface area contributed by atoms with Gasteiger partial charge in [0.1, 0.15) is 5.58 Å². The van der Waals surface area contributed by atoms with Gasteiger partial charge in [0.05, 0.1) is 10.3 Å². The molecule has 1 N–H and O–H groups in total. The summed E-state index contributed by atoms with van der Waals surface area (Å²) in [4.78, 5) is 31.1. The van der Waals surface area contributed by atoms with Crippen LogP contribution in [0.1, 0.15) is 21.0 Å². The molecule has 0 radical (unpaired) electrons. The molecule has 0 saturated carbocycles. The first kappa shape index (κ1) is 16.6. The maximum atomic E-state index is 12.4. The average Bonchev–Trinajstić information content (AvgIpc) is 3.24. The largest absolute Gasteiger partial charge is 0.451 e. The number of nitrogens with zero attached hydrogens (tertiary/aromatic N) is 2. The van der Waals surface area contributed by atoms with Gasteiger partial charge in [-0.15, -0.1) is 11.3 Å². The van der Waals surface area contributed by atoms with E-state index in [0.29, 0.717) is 21.9 Å². The Morgan fingerprint density at radius 1 is 1.15 bits per heavy atom. The van der Waals surface area contributed by atoms with Crippen molar-refractivity contribution >= 4 is 44.9 Å². The van der Waals surface area contributed by atoms with E-state index in [1.807, 2.05) is 32.0 Å². The number of benzene rings is 1. The van der Waals surface area contributed by atoms with Crippen molar-refractivity contribution in [3.05, 3.63) is 62.8 Å². The predicted octanol–water partition coefficient (Wildman–Crippen LogP) is 4.24. The first-order valence-electron chi connectivity index (χ1n) is 7.76. The molecule has 3 aromatic heterocycles. The molecular weight excluding hydrogens is 370 g/mol. The van der Waals surface area contributed by atoms with Gasteiger partial charge >= 0.3 is 0 Å². The highest BCUT2D eigenvalue weighted by Crippen LogP contribution is 2.28. The summed E-state index contributed by atoms with van der Waals surface area (Å²) < 4.78 is 9.83. The lowest BCUT2D eigenvalue weighted by molar-refractivity contribution is 0.0997. The standard InChI is InChI=1S/C18H13N3O3S2/c1-9-3-5-13-11(7-9)12(22)8-14(24-13)17(23)20-18-19-16(21-26-18)15-6-4-10(2)25-15/h3-8H,1-2H3,(H,19,20,21,23). The summed E-state index contributed by atoms with van der Waals surface area (Å²) in [6, 6.07) is 10.4. The Morgan fingerprint density at radius 2 is 2.00 bits per heavy atom. The number of aryl methyl sites for hydroxylation is 2. The molecule has 0 saturated heterocycles. The maximum absolute atomic E-state index is 12.4. The number of nitrogens with one attached hydrogen (secondary N) is 1. The van der Waals surface area contributed by atoms with Crippen molar-refractivity contribution in [2.75, 3.05) is 5.32 Å². The van der Waals surface area contributed by atoms with Crippen molar-refractivity contribution in [1.82, 2.24) is 9.36 Å². The molecule has 8 heteroatoms. The third-order valence-corrected chi connectivity index (χ3v) is 5.34. The lowest BCUT2D eigenvalue weighted by atomic mass is 10.1. The second-order valence-corrected chi connectivity index (χ2v) is 7.80. The molecule has 0 aliphatic heterocycles. The topological polar surface area (TPSA) is 85.1 Å². The number of aromatic nitrogens is 2. The van der Waals surface area contributed by atoms with Gasteiger partial charge in [0.2, 0.25) is 5.13 Å². The van der Waals surface area contributed by atoms with Gasteiger partial charge in [-0.1, -0.05) is 11.6 Å². The quantitative estimate of drug-likeness (QED) is 0.572. The van der Waals surface area contributed by atoms with Gasteiger partial charge in [-0.25, -0.2) is 0 Å². The number of amides is 1. The van der Waals surface area contributed by atoms with Crippen molar-refractivity contribution in [3.8, 4) is 10.7 Å². The lowest BCUT2D eigenvalue weighted by Crippen LogP contribution is -2.14. The van der Waals surface area contributed by atoms with Gasteiger partial charge in [0.25, 0.3) is 5.91 Å². The van der Waals surface area contributed by atoms with E-state index >= 15 is 0 Å². The molecule has 26 heavy (non-hydrogen) atoms. The monoisotopic (exact) mass is 383 g/mol. The van der Waals surface area contributed by atoms with Crippen LogP contribution in [0.2, 0.25) is 0 Å². The average molecular weight is 383 g/mol. The molecule has 0 aliphatic carbocycles. The molecule has 0 atom stereocenters. The van der Waals surface area contributed by atoms with Crippen LogP contribution < -0.4 is 10.7 Å². The van der Waals surface area contributed by atoms with E-state index in [0.717, 1.165) is 26.9 Å². The van der Waals surface area contributed by atoms with Gasteiger partial charge < -0.3 is 4.42 Å². The summed E-state index contributed by atoms with van der Waals surface area (Å²) in [5.74, 6) is -0.0245. The molecule has 6 nitrogen and oxygen atoms in total. The number of carbonyl (C=O) groups is 1. The second-order valence-electron chi connectivity index (χ2n) is 5.76. The number of rotatable bonds is 3. The van der Waals surface area contributed by atoms with Crippen LogP contribution in [0.5, 0.6) is 0 Å². The fourth-order valence-electron chi connectivity index (χ4n) is 2.47. The Hall–Kier alpha value is -2.84. The van der Waals surface area contributed by atoms with Crippen LogP contribution in [-0.4, -0.2) is 15.3 Å². The fourth-order valence-corrected chi connectivity index (χ4v) is 3.91. The van der Waals surface area contributed by atoms with Crippen molar-refractivity contribution in [3.63, 3.8) is 0 Å². The summed E-state index contributed by atoms with van der Waals surface area (Å²) in [6.07, 6.45) is 0. The van der Waals surface area contributed by atoms with Crippen LogP contribution >= 0.6 is 22.9 Å². The van der Waals surface area contributed by atoms with Crippen LogP contribution in [0.3, 0.4) is 0 Å². The summed E-state index contributed by atoms with van der Waals surface area (Å²) in [5, 5.41) is 3.44. The van der Waals surface area contributed by atoms with E-state index in [1.165, 1.54) is 6.07 Å². The Labute approximate surface area is 156 Å². The Balaban J connectivity index is 1.61. The highest BCUT2D eigenvalue weighted by Gasteiger charge is 2.16. The Kier molecular flexibility index (Phi) is 4.14. The van der Waals surface area contributed by atoms with Gasteiger partial charge in [0, 0.05) is 22.5 Å². The van der Waals surface area contributed by atoms with Crippen molar-refractivity contribution in [2.45, 2.75) is 13.8 Å². The van der Waals surface area contributed by atoms with Crippen molar-refractivity contribution in [2.24, 2.45) is 0 Å². The van der Waals surface area contributed by atoms with Gasteiger partial charge in [-0.2, -0.15) is 9.36 Å². The van der Waals surface area contributed by atoms with E-state index in [2.05, 4.69) is 14.7 Å². The van der Waals surface area contributed by atoms with Crippen LogP contribution in [-0.2, 0) is 0 Å². The zero-order valence-corrected chi connectivity index (χ0v) is 15.5. The van der Waals surface area contributed by atoms with Gasteiger partial charge in [-0.3, -0.25) is 14.9 Å². The molecule has 4 rings (SSSR count). The molecule has 0 spiro atoms. The first-order chi connectivity index (χ1) is 12.5. The zero-order chi connectivity index (χ0) is 18.3. The molecule has 0 fully saturated rings. The number of carbonyl (C=O) groups excluding carboxylic acids is 1. The molecule has 0 bridgehead atoms. The van der Waals surface area contributed by atoms with E-state index < -0.39 is 5.91 Å². The fraction of sp³-hybridized carbons (Fsp3) is 0.111. The highest BCUT2D eigenvalue weighted by atomic mass is 32.1. The molecule has 3 heterocycles. The highest BCUT2D eigenvalue weighted by molar-refractivity contribution is 7.15. The zero-order valence-electron chi connectivity index (χ0n) is 13.9. The molecule has 1 aromatic carbocycles. The Bertz CT molecular complexity index is 1190. The van der Waals surface area contributed by atoms with E-state index in [9.17, 15) is 9.59 Å².